The van der Waals surface area contributed by atoms with Gasteiger partial charge < -0.3 is 15.7 Å². The first-order chi connectivity index (χ1) is 8.65. The summed E-state index contributed by atoms with van der Waals surface area (Å²) in [4.78, 5) is 2.27. The summed E-state index contributed by atoms with van der Waals surface area (Å²) in [7, 11) is 1.64. The van der Waals surface area contributed by atoms with E-state index in [4.69, 9.17) is 15.7 Å². The second-order valence-corrected chi connectivity index (χ2v) is 3.97. The fourth-order valence-corrected chi connectivity index (χ4v) is 1.81. The van der Waals surface area contributed by atoms with Crippen LogP contribution in [-0.2, 0) is 6.54 Å². The SMILES string of the molecule is CCN(CC)Cc1cc(/C(N)=N/O)ccc1OC. The molecule has 1 aromatic carbocycles. The number of hydrogen-bond acceptors (Lipinski definition) is 4. The van der Waals surface area contributed by atoms with Crippen LogP contribution in [0.1, 0.15) is 25.0 Å². The Morgan fingerprint density at radius 3 is 2.56 bits per heavy atom. The van der Waals surface area contributed by atoms with Crippen molar-refractivity contribution in [2.75, 3.05) is 20.2 Å². The first kappa shape index (κ1) is 14.3. The molecular formula is C13H21N3O2. The van der Waals surface area contributed by atoms with Crippen molar-refractivity contribution >= 4 is 5.84 Å². The van der Waals surface area contributed by atoms with Crippen molar-refractivity contribution in [3.05, 3.63) is 29.3 Å². The van der Waals surface area contributed by atoms with Crippen molar-refractivity contribution in [3.8, 4) is 5.75 Å². The maximum atomic E-state index is 8.70. The van der Waals surface area contributed by atoms with Gasteiger partial charge in [-0.2, -0.15) is 0 Å². The van der Waals surface area contributed by atoms with E-state index < -0.39 is 0 Å². The molecule has 0 amide bonds. The molecule has 18 heavy (non-hydrogen) atoms. The second kappa shape index (κ2) is 6.86. The van der Waals surface area contributed by atoms with Gasteiger partial charge in [0.25, 0.3) is 0 Å². The highest BCUT2D eigenvalue weighted by Crippen LogP contribution is 2.21. The molecule has 0 spiro atoms. The Labute approximate surface area is 108 Å². The Hall–Kier alpha value is -1.75. The van der Waals surface area contributed by atoms with Crippen molar-refractivity contribution in [1.82, 2.24) is 4.90 Å². The van der Waals surface area contributed by atoms with Crippen LogP contribution in [0.2, 0.25) is 0 Å². The monoisotopic (exact) mass is 251 g/mol. The average Bonchev–Trinajstić information content (AvgIpc) is 2.43. The van der Waals surface area contributed by atoms with E-state index >= 15 is 0 Å². The minimum atomic E-state index is 0.110. The molecule has 100 valence electrons. The summed E-state index contributed by atoms with van der Waals surface area (Å²) in [6, 6.07) is 5.51. The molecule has 0 radical (unpaired) electrons. The van der Waals surface area contributed by atoms with Gasteiger partial charge >= 0.3 is 0 Å². The van der Waals surface area contributed by atoms with Gasteiger partial charge in [0, 0.05) is 17.7 Å². The van der Waals surface area contributed by atoms with E-state index in [1.54, 1.807) is 13.2 Å². The third-order valence-corrected chi connectivity index (χ3v) is 2.97. The van der Waals surface area contributed by atoms with Crippen molar-refractivity contribution in [1.29, 1.82) is 0 Å². The summed E-state index contributed by atoms with van der Waals surface area (Å²) >= 11 is 0. The van der Waals surface area contributed by atoms with Gasteiger partial charge in [0.2, 0.25) is 0 Å². The number of benzene rings is 1. The lowest BCUT2D eigenvalue weighted by molar-refractivity contribution is 0.289. The Kier molecular flexibility index (Phi) is 5.45. The zero-order valence-electron chi connectivity index (χ0n) is 11.2. The Morgan fingerprint density at radius 1 is 1.39 bits per heavy atom. The number of hydrogen-bond donors (Lipinski definition) is 2. The van der Waals surface area contributed by atoms with Gasteiger partial charge in [-0.1, -0.05) is 19.0 Å². The van der Waals surface area contributed by atoms with Gasteiger partial charge in [0.05, 0.1) is 7.11 Å². The maximum absolute atomic E-state index is 8.70. The normalized spacial score (nSPS) is 11.9. The molecule has 0 unspecified atom stereocenters. The number of amidine groups is 1. The predicted octanol–water partition coefficient (Wildman–Crippen LogP) is 1.63. The van der Waals surface area contributed by atoms with Gasteiger partial charge in [0.1, 0.15) is 5.75 Å². The number of nitrogens with two attached hydrogens (primary N) is 1. The molecule has 5 heteroatoms. The Balaban J connectivity index is 3.06. The third kappa shape index (κ3) is 3.37. The molecule has 1 aromatic rings. The average molecular weight is 251 g/mol. The van der Waals surface area contributed by atoms with E-state index in [-0.39, 0.29) is 5.84 Å². The van der Waals surface area contributed by atoms with Gasteiger partial charge in [-0.15, -0.1) is 0 Å². The summed E-state index contributed by atoms with van der Waals surface area (Å²) in [5.74, 6) is 0.926. The van der Waals surface area contributed by atoms with E-state index in [1.165, 1.54) is 0 Å². The lowest BCUT2D eigenvalue weighted by Gasteiger charge is -2.20. The van der Waals surface area contributed by atoms with E-state index in [2.05, 4.69) is 23.9 Å². The molecule has 0 aromatic heterocycles. The first-order valence-electron chi connectivity index (χ1n) is 6.03. The molecule has 0 saturated heterocycles. The Bertz CT molecular complexity index is 415. The Morgan fingerprint density at radius 2 is 2.06 bits per heavy atom. The van der Waals surface area contributed by atoms with Crippen molar-refractivity contribution in [2.24, 2.45) is 10.9 Å². The molecule has 0 bridgehead atoms. The number of oxime groups is 1. The van der Waals surface area contributed by atoms with Crippen LogP contribution >= 0.6 is 0 Å². The summed E-state index contributed by atoms with van der Waals surface area (Å²) in [6.45, 7) is 6.94. The fourth-order valence-electron chi connectivity index (χ4n) is 1.81. The van der Waals surface area contributed by atoms with Crippen LogP contribution in [0.4, 0.5) is 0 Å². The van der Waals surface area contributed by atoms with Crippen LogP contribution in [-0.4, -0.2) is 36.1 Å². The number of nitrogens with zero attached hydrogens (tertiary/aromatic N) is 2. The van der Waals surface area contributed by atoms with Crippen LogP contribution in [0.3, 0.4) is 0 Å². The van der Waals surface area contributed by atoms with E-state index in [9.17, 15) is 0 Å². The second-order valence-electron chi connectivity index (χ2n) is 3.97. The van der Waals surface area contributed by atoms with E-state index in [0.29, 0.717) is 5.56 Å². The molecule has 0 heterocycles. The quantitative estimate of drug-likeness (QED) is 0.349. The van der Waals surface area contributed by atoms with Crippen molar-refractivity contribution in [2.45, 2.75) is 20.4 Å². The fraction of sp³-hybridized carbons (Fsp3) is 0.462. The van der Waals surface area contributed by atoms with Gasteiger partial charge in [-0.25, -0.2) is 0 Å². The molecule has 1 rings (SSSR count). The predicted molar refractivity (Wildman–Crippen MR) is 72.1 cm³/mol. The molecule has 3 N–H and O–H groups in total. The zero-order valence-corrected chi connectivity index (χ0v) is 11.2. The smallest absolute Gasteiger partial charge is 0.170 e. The maximum Gasteiger partial charge on any atom is 0.170 e. The topological polar surface area (TPSA) is 71.1 Å². The lowest BCUT2D eigenvalue weighted by Crippen LogP contribution is -2.23. The summed E-state index contributed by atoms with van der Waals surface area (Å²) < 4.78 is 5.33. The number of methoxy groups -OCH3 is 1. The summed E-state index contributed by atoms with van der Waals surface area (Å²) in [5, 5.41) is 11.7. The lowest BCUT2D eigenvalue weighted by atomic mass is 10.1. The minimum absolute atomic E-state index is 0.110. The molecule has 0 aliphatic rings. The molecular weight excluding hydrogens is 230 g/mol. The van der Waals surface area contributed by atoms with Crippen LogP contribution in [0.15, 0.2) is 23.4 Å². The van der Waals surface area contributed by atoms with Crippen LogP contribution < -0.4 is 10.5 Å². The third-order valence-electron chi connectivity index (χ3n) is 2.97. The first-order valence-corrected chi connectivity index (χ1v) is 6.03. The van der Waals surface area contributed by atoms with Gasteiger partial charge in [-0.3, -0.25) is 4.90 Å². The van der Waals surface area contributed by atoms with E-state index in [1.807, 2.05) is 12.1 Å². The van der Waals surface area contributed by atoms with Gasteiger partial charge in [0.15, 0.2) is 5.84 Å². The largest absolute Gasteiger partial charge is 0.496 e. The highest BCUT2D eigenvalue weighted by molar-refractivity contribution is 5.97. The summed E-state index contributed by atoms with van der Waals surface area (Å²) in [5.41, 5.74) is 7.32. The molecule has 0 fully saturated rings. The molecule has 0 atom stereocenters. The highest BCUT2D eigenvalue weighted by Gasteiger charge is 2.10. The van der Waals surface area contributed by atoms with Crippen LogP contribution in [0, 0.1) is 0 Å². The zero-order chi connectivity index (χ0) is 13.5. The highest BCUT2D eigenvalue weighted by atomic mass is 16.5. The van der Waals surface area contributed by atoms with Crippen LogP contribution in [0.25, 0.3) is 0 Å². The molecule has 0 aliphatic carbocycles. The van der Waals surface area contributed by atoms with Crippen LogP contribution in [0.5, 0.6) is 5.75 Å². The molecule has 5 nitrogen and oxygen atoms in total. The molecule has 0 aliphatic heterocycles. The number of ether oxygens (including phenoxy) is 1. The number of rotatable bonds is 6. The van der Waals surface area contributed by atoms with Crippen molar-refractivity contribution < 1.29 is 9.94 Å². The van der Waals surface area contributed by atoms with Crippen molar-refractivity contribution in [3.63, 3.8) is 0 Å². The van der Waals surface area contributed by atoms with E-state index in [0.717, 1.165) is 30.9 Å². The standard InChI is InChI=1S/C13H21N3O2/c1-4-16(5-2)9-11-8-10(13(14)15-17)6-7-12(11)18-3/h6-8,17H,4-5,9H2,1-3H3,(H2,14,15). The molecule has 0 saturated carbocycles. The summed E-state index contributed by atoms with van der Waals surface area (Å²) in [6.07, 6.45) is 0. The minimum Gasteiger partial charge on any atom is -0.496 e. The van der Waals surface area contributed by atoms with Gasteiger partial charge in [-0.05, 0) is 31.3 Å².